The maximum atomic E-state index is 4.39. The van der Waals surface area contributed by atoms with E-state index in [1.165, 1.54) is 11.1 Å². The maximum Gasteiger partial charge on any atom is 0.222 e. The summed E-state index contributed by atoms with van der Waals surface area (Å²) in [4.78, 5) is 4.36. The number of aromatic nitrogens is 3. The summed E-state index contributed by atoms with van der Waals surface area (Å²) in [6, 6.07) is 19.4. The Morgan fingerprint density at radius 2 is 1.77 bits per heavy atom. The van der Waals surface area contributed by atoms with E-state index < -0.39 is 0 Å². The molecule has 110 valence electrons. The van der Waals surface area contributed by atoms with Gasteiger partial charge < -0.3 is 5.32 Å². The molecule has 0 radical (unpaired) electrons. The van der Waals surface area contributed by atoms with Crippen LogP contribution < -0.4 is 5.32 Å². The average molecular weight is 355 g/mol. The summed E-state index contributed by atoms with van der Waals surface area (Å²) in [5.41, 5.74) is 2.52. The summed E-state index contributed by atoms with van der Waals surface area (Å²) in [6.07, 6.45) is 2.56. The van der Waals surface area contributed by atoms with Crippen LogP contribution in [0, 0.1) is 0 Å². The summed E-state index contributed by atoms with van der Waals surface area (Å²) >= 11 is 3.49. The van der Waals surface area contributed by atoms with E-state index in [1.807, 2.05) is 10.7 Å². The molecule has 0 spiro atoms. The number of benzene rings is 2. The molecule has 1 aliphatic heterocycles. The first-order valence-electron chi connectivity index (χ1n) is 7.28. The van der Waals surface area contributed by atoms with Gasteiger partial charge in [0.25, 0.3) is 0 Å². The van der Waals surface area contributed by atoms with Crippen LogP contribution >= 0.6 is 15.9 Å². The first-order valence-corrected chi connectivity index (χ1v) is 8.07. The molecule has 22 heavy (non-hydrogen) atoms. The minimum atomic E-state index is 0.202. The quantitative estimate of drug-likeness (QED) is 0.750. The molecule has 0 saturated carbocycles. The van der Waals surface area contributed by atoms with Crippen LogP contribution in [0.15, 0.2) is 65.4 Å². The fourth-order valence-electron chi connectivity index (χ4n) is 2.99. The lowest BCUT2D eigenvalue weighted by atomic mass is 9.93. The topological polar surface area (TPSA) is 42.7 Å². The Balaban J connectivity index is 1.72. The molecule has 0 saturated heterocycles. The predicted molar refractivity (Wildman–Crippen MR) is 89.7 cm³/mol. The second-order valence-corrected chi connectivity index (χ2v) is 6.35. The largest absolute Gasteiger partial charge is 0.348 e. The van der Waals surface area contributed by atoms with E-state index >= 15 is 0 Å². The van der Waals surface area contributed by atoms with Crippen molar-refractivity contribution in [3.63, 3.8) is 0 Å². The summed E-state index contributed by atoms with van der Waals surface area (Å²) in [7, 11) is 0. The van der Waals surface area contributed by atoms with Gasteiger partial charge in [-0.05, 0) is 29.7 Å². The van der Waals surface area contributed by atoms with Crippen LogP contribution in [0.2, 0.25) is 0 Å². The van der Waals surface area contributed by atoms with Gasteiger partial charge in [0.05, 0.1) is 12.1 Å². The SMILES string of the molecule is Brc1ccc([C@H]2C[C@@H](c3ccccc3)n3ncnc3N2)cc1. The number of hydrogen-bond acceptors (Lipinski definition) is 3. The molecule has 1 aliphatic rings. The molecule has 0 amide bonds. The van der Waals surface area contributed by atoms with Gasteiger partial charge in [-0.1, -0.05) is 58.4 Å². The molecule has 2 aromatic carbocycles. The van der Waals surface area contributed by atoms with E-state index in [4.69, 9.17) is 0 Å². The van der Waals surface area contributed by atoms with E-state index in [2.05, 4.69) is 79.9 Å². The minimum Gasteiger partial charge on any atom is -0.348 e. The lowest BCUT2D eigenvalue weighted by Crippen LogP contribution is -2.28. The molecule has 4 rings (SSSR count). The third kappa shape index (κ3) is 2.41. The first kappa shape index (κ1) is 13.5. The molecule has 0 aliphatic carbocycles. The van der Waals surface area contributed by atoms with Gasteiger partial charge in [0.2, 0.25) is 5.95 Å². The monoisotopic (exact) mass is 354 g/mol. The normalized spacial score (nSPS) is 20.2. The molecule has 5 heteroatoms. The van der Waals surface area contributed by atoms with Gasteiger partial charge >= 0.3 is 0 Å². The molecule has 0 fully saturated rings. The summed E-state index contributed by atoms with van der Waals surface area (Å²) in [5.74, 6) is 0.827. The van der Waals surface area contributed by atoms with Crippen molar-refractivity contribution in [2.45, 2.75) is 18.5 Å². The summed E-state index contributed by atoms with van der Waals surface area (Å²) in [5, 5.41) is 7.88. The highest BCUT2D eigenvalue weighted by atomic mass is 79.9. The van der Waals surface area contributed by atoms with Gasteiger partial charge in [0, 0.05) is 4.47 Å². The third-order valence-electron chi connectivity index (χ3n) is 4.09. The van der Waals surface area contributed by atoms with Crippen LogP contribution in [0.1, 0.15) is 29.6 Å². The lowest BCUT2D eigenvalue weighted by molar-refractivity contribution is 0.431. The summed E-state index contributed by atoms with van der Waals surface area (Å²) in [6.45, 7) is 0. The third-order valence-corrected chi connectivity index (χ3v) is 4.62. The average Bonchev–Trinajstić information content (AvgIpc) is 3.04. The van der Waals surface area contributed by atoms with E-state index in [0.717, 1.165) is 16.8 Å². The zero-order valence-electron chi connectivity index (χ0n) is 11.9. The standard InChI is InChI=1S/C17H15BrN4/c18-14-8-6-12(7-9-14)15-10-16(13-4-2-1-3-5-13)22-17(21-15)19-11-20-22/h1-9,11,15-16H,10H2,(H,19,20,21)/t15-,16+/m1/s1. The molecule has 1 aromatic heterocycles. The molecule has 0 bridgehead atoms. The lowest BCUT2D eigenvalue weighted by Gasteiger charge is -2.31. The molecule has 2 heterocycles. The zero-order chi connectivity index (χ0) is 14.9. The van der Waals surface area contributed by atoms with Crippen molar-refractivity contribution in [1.82, 2.24) is 14.8 Å². The van der Waals surface area contributed by atoms with Crippen molar-refractivity contribution in [3.8, 4) is 0 Å². The Hall–Kier alpha value is -2.14. The Labute approximate surface area is 137 Å². The second-order valence-electron chi connectivity index (χ2n) is 5.44. The number of hydrogen-bond donors (Lipinski definition) is 1. The summed E-state index contributed by atoms with van der Waals surface area (Å²) < 4.78 is 3.07. The van der Waals surface area contributed by atoms with Crippen molar-refractivity contribution < 1.29 is 0 Å². The molecule has 4 nitrogen and oxygen atoms in total. The van der Waals surface area contributed by atoms with Crippen molar-refractivity contribution in [1.29, 1.82) is 0 Å². The number of rotatable bonds is 2. The second kappa shape index (κ2) is 5.57. The van der Waals surface area contributed by atoms with Gasteiger partial charge in [-0.25, -0.2) is 4.68 Å². The Bertz CT molecular complexity index is 767. The van der Waals surface area contributed by atoms with Gasteiger partial charge in [-0.15, -0.1) is 0 Å². The van der Waals surface area contributed by atoms with E-state index in [0.29, 0.717) is 0 Å². The molecular weight excluding hydrogens is 340 g/mol. The van der Waals surface area contributed by atoms with Crippen LogP contribution in [0.5, 0.6) is 0 Å². The number of anilines is 1. The Morgan fingerprint density at radius 1 is 1.00 bits per heavy atom. The van der Waals surface area contributed by atoms with E-state index in [9.17, 15) is 0 Å². The van der Waals surface area contributed by atoms with Gasteiger partial charge in [0.15, 0.2) is 0 Å². The van der Waals surface area contributed by atoms with Crippen LogP contribution in [0.4, 0.5) is 5.95 Å². The zero-order valence-corrected chi connectivity index (χ0v) is 13.4. The Morgan fingerprint density at radius 3 is 2.55 bits per heavy atom. The van der Waals surface area contributed by atoms with Crippen molar-refractivity contribution in [2.24, 2.45) is 0 Å². The smallest absolute Gasteiger partial charge is 0.222 e. The fourth-order valence-corrected chi connectivity index (χ4v) is 3.25. The van der Waals surface area contributed by atoms with Crippen LogP contribution in [0.25, 0.3) is 0 Å². The van der Waals surface area contributed by atoms with Crippen molar-refractivity contribution >= 4 is 21.9 Å². The predicted octanol–water partition coefficient (Wildman–Crippen LogP) is 4.19. The minimum absolute atomic E-state index is 0.202. The van der Waals surface area contributed by atoms with Crippen LogP contribution in [-0.4, -0.2) is 14.8 Å². The number of fused-ring (bicyclic) bond motifs is 1. The van der Waals surface area contributed by atoms with Crippen LogP contribution in [-0.2, 0) is 0 Å². The van der Waals surface area contributed by atoms with E-state index in [1.54, 1.807) is 6.33 Å². The molecule has 2 atom stereocenters. The molecule has 1 N–H and O–H groups in total. The highest BCUT2D eigenvalue weighted by Crippen LogP contribution is 2.37. The first-order chi connectivity index (χ1) is 10.8. The number of nitrogens with one attached hydrogen (secondary N) is 1. The Kier molecular flexibility index (Phi) is 3.42. The van der Waals surface area contributed by atoms with Gasteiger partial charge in [-0.2, -0.15) is 10.1 Å². The highest BCUT2D eigenvalue weighted by Gasteiger charge is 2.29. The van der Waals surface area contributed by atoms with Crippen molar-refractivity contribution in [2.75, 3.05) is 5.32 Å². The van der Waals surface area contributed by atoms with Gasteiger partial charge in [0.1, 0.15) is 6.33 Å². The number of nitrogens with zero attached hydrogens (tertiary/aromatic N) is 3. The maximum absolute atomic E-state index is 4.39. The molecule has 3 aromatic rings. The van der Waals surface area contributed by atoms with Crippen LogP contribution in [0.3, 0.4) is 0 Å². The fraction of sp³-hybridized carbons (Fsp3) is 0.176. The number of halogens is 1. The van der Waals surface area contributed by atoms with Crippen molar-refractivity contribution in [3.05, 3.63) is 76.5 Å². The highest BCUT2D eigenvalue weighted by molar-refractivity contribution is 9.10. The molecular formula is C17H15BrN4. The van der Waals surface area contributed by atoms with Gasteiger partial charge in [-0.3, -0.25) is 0 Å². The molecule has 0 unspecified atom stereocenters. The van der Waals surface area contributed by atoms with E-state index in [-0.39, 0.29) is 12.1 Å².